The lowest BCUT2D eigenvalue weighted by Gasteiger charge is -2.35. The number of alkyl halides is 2. The van der Waals surface area contributed by atoms with Crippen LogP contribution in [0.4, 0.5) is 8.78 Å². The fraction of sp³-hybridized carbons (Fsp3) is 0.533. The van der Waals surface area contributed by atoms with Crippen molar-refractivity contribution in [1.29, 1.82) is 0 Å². The molecule has 2 N–H and O–H groups in total. The van der Waals surface area contributed by atoms with Crippen molar-refractivity contribution < 1.29 is 23.0 Å². The van der Waals surface area contributed by atoms with Crippen LogP contribution in [0.2, 0.25) is 0 Å². The first-order valence-corrected chi connectivity index (χ1v) is 7.07. The van der Waals surface area contributed by atoms with E-state index in [1.165, 1.54) is 12.1 Å². The van der Waals surface area contributed by atoms with Crippen LogP contribution in [0.25, 0.3) is 0 Å². The zero-order valence-corrected chi connectivity index (χ0v) is 13.7. The highest BCUT2D eigenvalue weighted by molar-refractivity contribution is 5.86. The van der Waals surface area contributed by atoms with E-state index in [2.05, 4.69) is 4.74 Å². The van der Waals surface area contributed by atoms with Crippen LogP contribution in [-0.4, -0.2) is 43.2 Å². The lowest BCUT2D eigenvalue weighted by molar-refractivity contribution is -0.139. The molecule has 1 aromatic carbocycles. The fourth-order valence-electron chi connectivity index (χ4n) is 2.45. The number of carbonyl (C=O) groups excluding carboxylic acids is 1. The molecule has 0 bridgehead atoms. The highest BCUT2D eigenvalue weighted by Gasteiger charge is 2.37. The maximum atomic E-state index is 12.5. The number of benzene rings is 1. The van der Waals surface area contributed by atoms with Crippen LogP contribution in [0.5, 0.6) is 5.75 Å². The van der Waals surface area contributed by atoms with Crippen LogP contribution < -0.4 is 10.5 Å². The molecular weight excluding hydrogens is 330 g/mol. The van der Waals surface area contributed by atoms with Crippen LogP contribution in [0.1, 0.15) is 18.4 Å². The van der Waals surface area contributed by atoms with Gasteiger partial charge in [0.25, 0.3) is 0 Å². The highest BCUT2D eigenvalue weighted by Crippen LogP contribution is 2.21. The third kappa shape index (κ3) is 5.30. The highest BCUT2D eigenvalue weighted by atomic mass is 35.5. The molecule has 0 atom stereocenters. The van der Waals surface area contributed by atoms with E-state index in [4.69, 9.17) is 10.5 Å². The Balaban J connectivity index is 0.00000264. The summed E-state index contributed by atoms with van der Waals surface area (Å²) in [7, 11) is 1.68. The summed E-state index contributed by atoms with van der Waals surface area (Å²) in [4.78, 5) is 14.0. The molecule has 2 rings (SSSR count). The van der Waals surface area contributed by atoms with Crippen molar-refractivity contribution in [2.45, 2.75) is 31.5 Å². The van der Waals surface area contributed by atoms with Crippen LogP contribution in [0.3, 0.4) is 0 Å². The van der Waals surface area contributed by atoms with Gasteiger partial charge in [0.1, 0.15) is 5.75 Å². The average Bonchev–Trinajstić information content (AvgIpc) is 2.48. The van der Waals surface area contributed by atoms with Gasteiger partial charge in [-0.2, -0.15) is 8.78 Å². The summed E-state index contributed by atoms with van der Waals surface area (Å²) < 4.78 is 33.7. The molecule has 1 amide bonds. The standard InChI is InChI=1S/C15H20F2N2O3.ClH/c1-19(13(20)15(18)6-8-21-9-7-15)10-11-2-4-12(5-3-11)22-14(16)17;/h2-5,14H,6-10,18H2,1H3;1H. The number of amides is 1. The Labute approximate surface area is 140 Å². The van der Waals surface area contributed by atoms with E-state index in [1.54, 1.807) is 24.1 Å². The second-order valence-electron chi connectivity index (χ2n) is 5.45. The molecule has 130 valence electrons. The molecule has 23 heavy (non-hydrogen) atoms. The van der Waals surface area contributed by atoms with Crippen molar-refractivity contribution in [1.82, 2.24) is 4.90 Å². The third-order valence-corrected chi connectivity index (χ3v) is 3.73. The SMILES string of the molecule is CN(Cc1ccc(OC(F)F)cc1)C(=O)C1(N)CCOCC1.Cl. The Bertz CT molecular complexity index is 508. The minimum atomic E-state index is -2.85. The van der Waals surface area contributed by atoms with Crippen molar-refractivity contribution >= 4 is 18.3 Å². The van der Waals surface area contributed by atoms with Crippen LogP contribution >= 0.6 is 12.4 Å². The molecule has 0 unspecified atom stereocenters. The second-order valence-corrected chi connectivity index (χ2v) is 5.45. The third-order valence-electron chi connectivity index (χ3n) is 3.73. The molecule has 1 aliphatic heterocycles. The molecule has 1 fully saturated rings. The summed E-state index contributed by atoms with van der Waals surface area (Å²) in [6.45, 7) is -1.53. The van der Waals surface area contributed by atoms with Crippen molar-refractivity contribution in [3.63, 3.8) is 0 Å². The Morgan fingerprint density at radius 1 is 1.35 bits per heavy atom. The molecule has 0 spiro atoms. The maximum absolute atomic E-state index is 12.5. The normalized spacial score (nSPS) is 16.6. The molecule has 1 aliphatic rings. The van der Waals surface area contributed by atoms with Crippen molar-refractivity contribution in [2.24, 2.45) is 5.73 Å². The molecule has 0 radical (unpaired) electrons. The van der Waals surface area contributed by atoms with Gasteiger partial charge in [0, 0.05) is 26.8 Å². The van der Waals surface area contributed by atoms with Gasteiger partial charge in [-0.25, -0.2) is 0 Å². The quantitative estimate of drug-likeness (QED) is 0.884. The van der Waals surface area contributed by atoms with Crippen molar-refractivity contribution in [3.8, 4) is 5.75 Å². The number of rotatable bonds is 5. The van der Waals surface area contributed by atoms with Crippen LogP contribution in [-0.2, 0) is 16.1 Å². The average molecular weight is 351 g/mol. The Morgan fingerprint density at radius 2 is 1.91 bits per heavy atom. The molecule has 1 heterocycles. The number of nitrogens with zero attached hydrogens (tertiary/aromatic N) is 1. The van der Waals surface area contributed by atoms with Crippen molar-refractivity contribution in [2.75, 3.05) is 20.3 Å². The summed E-state index contributed by atoms with van der Waals surface area (Å²) in [5.74, 6) is -0.0452. The summed E-state index contributed by atoms with van der Waals surface area (Å²) in [6, 6.07) is 6.20. The molecule has 8 heteroatoms. The molecule has 1 aromatic rings. The van der Waals surface area contributed by atoms with Gasteiger partial charge >= 0.3 is 6.61 Å². The number of nitrogens with two attached hydrogens (primary N) is 1. The molecule has 0 aromatic heterocycles. The van der Waals surface area contributed by atoms with Gasteiger partial charge in [-0.15, -0.1) is 12.4 Å². The van der Waals surface area contributed by atoms with Gasteiger partial charge in [-0.1, -0.05) is 12.1 Å². The van der Waals surface area contributed by atoms with E-state index in [1.807, 2.05) is 0 Å². The van der Waals surface area contributed by atoms with Gasteiger partial charge in [0.2, 0.25) is 5.91 Å². The minimum absolute atomic E-state index is 0. The van der Waals surface area contributed by atoms with Gasteiger partial charge in [-0.3, -0.25) is 4.79 Å². The Hall–Kier alpha value is -1.44. The number of halogens is 3. The smallest absolute Gasteiger partial charge is 0.387 e. The summed E-state index contributed by atoms with van der Waals surface area (Å²) in [5.41, 5.74) is 6.09. The lowest BCUT2D eigenvalue weighted by atomic mass is 9.89. The monoisotopic (exact) mass is 350 g/mol. The topological polar surface area (TPSA) is 64.8 Å². The first kappa shape index (κ1) is 19.6. The number of carbonyl (C=O) groups is 1. The van der Waals surface area contributed by atoms with E-state index < -0.39 is 12.2 Å². The summed E-state index contributed by atoms with van der Waals surface area (Å²) in [5, 5.41) is 0. The van der Waals surface area contributed by atoms with Crippen LogP contribution in [0.15, 0.2) is 24.3 Å². The number of ether oxygens (including phenoxy) is 2. The van der Waals surface area contributed by atoms with E-state index >= 15 is 0 Å². The van der Waals surface area contributed by atoms with Gasteiger partial charge in [0.05, 0.1) is 5.54 Å². The predicted molar refractivity (Wildman–Crippen MR) is 83.8 cm³/mol. The molecular formula is C15H21ClF2N2O3. The molecule has 0 saturated carbocycles. The summed E-state index contributed by atoms with van der Waals surface area (Å²) in [6.07, 6.45) is 0.995. The minimum Gasteiger partial charge on any atom is -0.435 e. The Morgan fingerprint density at radius 3 is 2.43 bits per heavy atom. The van der Waals surface area contributed by atoms with Gasteiger partial charge < -0.3 is 20.1 Å². The van der Waals surface area contributed by atoms with Gasteiger partial charge in [-0.05, 0) is 30.5 Å². The fourth-order valence-corrected chi connectivity index (χ4v) is 2.45. The molecule has 1 saturated heterocycles. The lowest BCUT2D eigenvalue weighted by Crippen LogP contribution is -2.57. The van der Waals surface area contributed by atoms with E-state index in [0.717, 1.165) is 5.56 Å². The molecule has 5 nitrogen and oxygen atoms in total. The number of hydrogen-bond acceptors (Lipinski definition) is 4. The zero-order chi connectivity index (χ0) is 16.2. The van der Waals surface area contributed by atoms with E-state index in [0.29, 0.717) is 32.6 Å². The predicted octanol–water partition coefficient (Wildman–Crippen LogP) is 2.18. The zero-order valence-electron chi connectivity index (χ0n) is 12.8. The van der Waals surface area contributed by atoms with E-state index in [-0.39, 0.29) is 24.1 Å². The van der Waals surface area contributed by atoms with E-state index in [9.17, 15) is 13.6 Å². The molecule has 0 aliphatic carbocycles. The maximum Gasteiger partial charge on any atom is 0.387 e. The number of likely N-dealkylation sites (N-methyl/N-ethyl adjacent to an activating group) is 1. The van der Waals surface area contributed by atoms with Gasteiger partial charge in [0.15, 0.2) is 0 Å². The Kier molecular flexibility index (Phi) is 7.18. The van der Waals surface area contributed by atoms with Crippen LogP contribution in [0, 0.1) is 0 Å². The summed E-state index contributed by atoms with van der Waals surface area (Å²) >= 11 is 0. The largest absolute Gasteiger partial charge is 0.435 e. The van der Waals surface area contributed by atoms with Crippen molar-refractivity contribution in [3.05, 3.63) is 29.8 Å². The first-order valence-electron chi connectivity index (χ1n) is 7.07. The second kappa shape index (κ2) is 8.42. The first-order chi connectivity index (χ1) is 10.4. The number of hydrogen-bond donors (Lipinski definition) is 1.